The first-order valence-electron chi connectivity index (χ1n) is 16.7. The Morgan fingerprint density at radius 2 is 0.863 bits per heavy atom. The van der Waals surface area contributed by atoms with E-state index in [0.717, 1.165) is 72.0 Å². The number of hydrogen-bond acceptors (Lipinski definition) is 5. The maximum absolute atomic E-state index is 9.22. The Balaban J connectivity index is 1.17. The number of para-hydroxylation sites is 1. The van der Waals surface area contributed by atoms with Crippen LogP contribution in [0, 0.1) is 11.3 Å². The summed E-state index contributed by atoms with van der Waals surface area (Å²) >= 11 is 0. The molecule has 9 aromatic rings. The van der Waals surface area contributed by atoms with Crippen LogP contribution >= 0.6 is 0 Å². The summed E-state index contributed by atoms with van der Waals surface area (Å²) in [4.78, 5) is 14.7. The molecule has 0 fully saturated rings. The van der Waals surface area contributed by atoms with Gasteiger partial charge in [-0.25, -0.2) is 15.0 Å². The molecule has 5 heteroatoms. The van der Waals surface area contributed by atoms with Crippen molar-refractivity contribution in [3.8, 4) is 73.6 Å². The number of hydrogen-bond donors (Lipinski definition) is 0. The van der Waals surface area contributed by atoms with E-state index in [4.69, 9.17) is 19.4 Å². The first kappa shape index (κ1) is 29.9. The summed E-state index contributed by atoms with van der Waals surface area (Å²) in [6.07, 6.45) is 0. The van der Waals surface area contributed by atoms with E-state index in [2.05, 4.69) is 78.9 Å². The summed E-state index contributed by atoms with van der Waals surface area (Å²) in [7, 11) is 0. The minimum atomic E-state index is 0.611. The molecule has 0 aliphatic rings. The second-order valence-corrected chi connectivity index (χ2v) is 12.3. The highest BCUT2D eigenvalue weighted by Crippen LogP contribution is 2.43. The number of nitriles is 1. The smallest absolute Gasteiger partial charge is 0.164 e. The molecule has 0 bridgehead atoms. The average Bonchev–Trinajstić information content (AvgIpc) is 3.60. The molecule has 0 amide bonds. The van der Waals surface area contributed by atoms with Gasteiger partial charge in [-0.15, -0.1) is 0 Å². The third-order valence-corrected chi connectivity index (χ3v) is 9.22. The molecule has 7 aromatic carbocycles. The van der Waals surface area contributed by atoms with Gasteiger partial charge in [-0.1, -0.05) is 146 Å². The van der Waals surface area contributed by atoms with Gasteiger partial charge in [-0.05, 0) is 52.1 Å². The lowest BCUT2D eigenvalue weighted by molar-refractivity contribution is 0.669. The van der Waals surface area contributed by atoms with Gasteiger partial charge in [0, 0.05) is 33.0 Å². The molecule has 9 rings (SSSR count). The van der Waals surface area contributed by atoms with Crippen LogP contribution in [-0.2, 0) is 0 Å². The molecule has 0 saturated carbocycles. The minimum Gasteiger partial charge on any atom is -0.456 e. The lowest BCUT2D eigenvalue weighted by Crippen LogP contribution is -2.00. The lowest BCUT2D eigenvalue weighted by atomic mass is 9.89. The third-order valence-electron chi connectivity index (χ3n) is 9.22. The molecular formula is C46H28N4O. The quantitative estimate of drug-likeness (QED) is 0.179. The van der Waals surface area contributed by atoms with Crippen LogP contribution in [0.1, 0.15) is 5.56 Å². The highest BCUT2D eigenvalue weighted by molar-refractivity contribution is 6.16. The number of fused-ring (bicyclic) bond motifs is 3. The topological polar surface area (TPSA) is 75.6 Å². The van der Waals surface area contributed by atoms with Gasteiger partial charge in [0.15, 0.2) is 17.5 Å². The summed E-state index contributed by atoms with van der Waals surface area (Å²) < 4.78 is 6.35. The van der Waals surface area contributed by atoms with Gasteiger partial charge in [0.1, 0.15) is 11.2 Å². The second-order valence-electron chi connectivity index (χ2n) is 12.3. The van der Waals surface area contributed by atoms with E-state index in [0.29, 0.717) is 23.0 Å². The van der Waals surface area contributed by atoms with Crippen molar-refractivity contribution in [3.05, 3.63) is 175 Å². The second kappa shape index (κ2) is 12.7. The highest BCUT2D eigenvalue weighted by atomic mass is 16.3. The number of benzene rings is 7. The van der Waals surface area contributed by atoms with Crippen LogP contribution in [0.25, 0.3) is 89.5 Å². The largest absolute Gasteiger partial charge is 0.456 e. The van der Waals surface area contributed by atoms with Gasteiger partial charge in [-0.3, -0.25) is 0 Å². The Morgan fingerprint density at radius 1 is 0.392 bits per heavy atom. The Labute approximate surface area is 294 Å². The molecule has 5 nitrogen and oxygen atoms in total. The number of rotatable bonds is 6. The van der Waals surface area contributed by atoms with Crippen molar-refractivity contribution in [1.82, 2.24) is 15.0 Å². The molecule has 238 valence electrons. The standard InChI is InChI=1S/C46H28N4O/c47-29-30-15-17-31(18-16-30)32-19-21-33(22-20-32)38-27-28-41-43(39-13-7-8-14-40(39)51-41)42(38)34-23-25-37(26-24-34)46-49-44(35-9-3-1-4-10-35)48-45(50-46)36-11-5-2-6-12-36/h1-28H. The molecule has 0 saturated heterocycles. The Bertz CT molecular complexity index is 2650. The maximum Gasteiger partial charge on any atom is 0.164 e. The van der Waals surface area contributed by atoms with Crippen molar-refractivity contribution >= 4 is 21.9 Å². The van der Waals surface area contributed by atoms with E-state index >= 15 is 0 Å². The van der Waals surface area contributed by atoms with Gasteiger partial charge in [0.25, 0.3) is 0 Å². The highest BCUT2D eigenvalue weighted by Gasteiger charge is 2.19. The Hall–Kier alpha value is -7.16. The van der Waals surface area contributed by atoms with E-state index in [1.807, 2.05) is 97.1 Å². The zero-order valence-corrected chi connectivity index (χ0v) is 27.4. The van der Waals surface area contributed by atoms with E-state index in [-0.39, 0.29) is 0 Å². The van der Waals surface area contributed by atoms with E-state index in [1.165, 1.54) is 0 Å². The SMILES string of the molecule is N#Cc1ccc(-c2ccc(-c3ccc4oc5ccccc5c4c3-c3ccc(-c4nc(-c5ccccc5)nc(-c5ccccc5)n4)cc3)cc2)cc1. The van der Waals surface area contributed by atoms with Crippen molar-refractivity contribution in [2.45, 2.75) is 0 Å². The fraction of sp³-hybridized carbons (Fsp3) is 0. The van der Waals surface area contributed by atoms with Crippen LogP contribution in [0.15, 0.2) is 174 Å². The van der Waals surface area contributed by atoms with Crippen LogP contribution in [0.3, 0.4) is 0 Å². The van der Waals surface area contributed by atoms with E-state index in [1.54, 1.807) is 0 Å². The predicted octanol–water partition coefficient (Wildman–Crippen LogP) is 11.6. The molecule has 0 aliphatic carbocycles. The van der Waals surface area contributed by atoms with Gasteiger partial charge in [0.05, 0.1) is 11.6 Å². The maximum atomic E-state index is 9.22. The van der Waals surface area contributed by atoms with Crippen LogP contribution in [0.2, 0.25) is 0 Å². The van der Waals surface area contributed by atoms with Gasteiger partial charge >= 0.3 is 0 Å². The Kier molecular flexibility index (Phi) is 7.46. The molecule has 0 spiro atoms. The van der Waals surface area contributed by atoms with Crippen molar-refractivity contribution < 1.29 is 4.42 Å². The number of furan rings is 1. The van der Waals surface area contributed by atoms with Crippen LogP contribution in [-0.4, -0.2) is 15.0 Å². The molecule has 2 heterocycles. The summed E-state index contributed by atoms with van der Waals surface area (Å²) in [6, 6.07) is 59.4. The van der Waals surface area contributed by atoms with Crippen LogP contribution in [0.5, 0.6) is 0 Å². The van der Waals surface area contributed by atoms with Crippen LogP contribution in [0.4, 0.5) is 0 Å². The number of nitrogens with zero attached hydrogens (tertiary/aromatic N) is 4. The fourth-order valence-electron chi connectivity index (χ4n) is 6.66. The van der Waals surface area contributed by atoms with Crippen molar-refractivity contribution in [2.24, 2.45) is 0 Å². The summed E-state index contributed by atoms with van der Waals surface area (Å²) in [5.74, 6) is 1.87. The molecule has 0 radical (unpaired) electrons. The average molecular weight is 653 g/mol. The fourth-order valence-corrected chi connectivity index (χ4v) is 6.66. The Morgan fingerprint density at radius 3 is 1.45 bits per heavy atom. The van der Waals surface area contributed by atoms with Crippen molar-refractivity contribution in [1.29, 1.82) is 5.26 Å². The van der Waals surface area contributed by atoms with Gasteiger partial charge in [-0.2, -0.15) is 5.26 Å². The molecule has 0 aliphatic heterocycles. The lowest BCUT2D eigenvalue weighted by Gasteiger charge is -2.14. The van der Waals surface area contributed by atoms with Crippen molar-refractivity contribution in [2.75, 3.05) is 0 Å². The van der Waals surface area contributed by atoms with Crippen LogP contribution < -0.4 is 0 Å². The van der Waals surface area contributed by atoms with Gasteiger partial charge in [0.2, 0.25) is 0 Å². The van der Waals surface area contributed by atoms with Gasteiger partial charge < -0.3 is 4.42 Å². The first-order chi connectivity index (χ1) is 25.2. The molecule has 0 N–H and O–H groups in total. The molecule has 0 unspecified atom stereocenters. The van der Waals surface area contributed by atoms with E-state index in [9.17, 15) is 5.26 Å². The monoisotopic (exact) mass is 652 g/mol. The minimum absolute atomic E-state index is 0.611. The van der Waals surface area contributed by atoms with E-state index < -0.39 is 0 Å². The summed E-state index contributed by atoms with van der Waals surface area (Å²) in [5, 5.41) is 11.4. The zero-order valence-electron chi connectivity index (χ0n) is 27.4. The predicted molar refractivity (Wildman–Crippen MR) is 204 cm³/mol. The third kappa shape index (κ3) is 5.61. The molecular weight excluding hydrogens is 625 g/mol. The summed E-state index contributed by atoms with van der Waals surface area (Å²) in [6.45, 7) is 0. The normalized spacial score (nSPS) is 11.1. The number of aromatic nitrogens is 3. The molecule has 2 aromatic heterocycles. The summed E-state index contributed by atoms with van der Waals surface area (Å²) in [5.41, 5.74) is 11.6. The van der Waals surface area contributed by atoms with Crippen molar-refractivity contribution in [3.63, 3.8) is 0 Å². The first-order valence-corrected chi connectivity index (χ1v) is 16.7. The zero-order chi connectivity index (χ0) is 34.1. The molecule has 51 heavy (non-hydrogen) atoms. The molecule has 0 atom stereocenters.